The molecule has 0 spiro atoms. The number of rotatable bonds is 3. The molecule has 0 fully saturated rings. The van der Waals surface area contributed by atoms with E-state index >= 15 is 0 Å². The Bertz CT molecular complexity index is 1270. The Kier molecular flexibility index (Phi) is 6.97. The number of nitrogens with zero attached hydrogens (tertiary/aromatic N) is 2. The fourth-order valence-electron chi connectivity index (χ4n) is 3.82. The fourth-order valence-corrected chi connectivity index (χ4v) is 3.82. The van der Waals surface area contributed by atoms with Gasteiger partial charge in [-0.2, -0.15) is 0 Å². The van der Waals surface area contributed by atoms with Crippen molar-refractivity contribution in [3.8, 4) is 11.5 Å². The molecule has 1 unspecified atom stereocenters. The molecule has 0 aliphatic carbocycles. The van der Waals surface area contributed by atoms with Gasteiger partial charge in [0.1, 0.15) is 5.58 Å². The molecule has 5 nitrogen and oxygen atoms in total. The molecule has 3 heterocycles. The van der Waals surface area contributed by atoms with Gasteiger partial charge >= 0.3 is 0 Å². The third kappa shape index (κ3) is 4.67. The second-order valence-electron chi connectivity index (χ2n) is 9.03. The van der Waals surface area contributed by atoms with E-state index in [9.17, 15) is 9.59 Å². The topological polar surface area (TPSA) is 64.6 Å². The van der Waals surface area contributed by atoms with E-state index in [4.69, 9.17) is 4.42 Å². The molecule has 3 aromatic rings. The Morgan fingerprint density at radius 2 is 1.91 bits per heavy atom. The lowest BCUT2D eigenvalue weighted by Gasteiger charge is -2.25. The normalized spacial score (nSPS) is 15.5. The molecule has 0 N–H and O–H groups in total. The fraction of sp³-hybridized carbons (Fsp3) is 0.370. The van der Waals surface area contributed by atoms with E-state index in [2.05, 4.69) is 44.8 Å². The standard InChI is InChI=1S/C23H22N2O3.C4H10/c1-5-24-11-13(2)16-6-7-17-18-8-14(3)25-12-19(15(4)26)21(27)10-20(25)23(18)28-22(17)9-16;1-4(2)3/h5-7,9-12,14H,8H2,1-4H3;4H,1-3H3/b13-11+,24-5?;. The van der Waals surface area contributed by atoms with Crippen LogP contribution in [0, 0.1) is 5.92 Å². The van der Waals surface area contributed by atoms with E-state index in [0.717, 1.165) is 45.7 Å². The van der Waals surface area contributed by atoms with Gasteiger partial charge in [0.25, 0.3) is 0 Å². The minimum atomic E-state index is -0.267. The maximum Gasteiger partial charge on any atom is 0.193 e. The van der Waals surface area contributed by atoms with Gasteiger partial charge < -0.3 is 8.98 Å². The summed E-state index contributed by atoms with van der Waals surface area (Å²) < 4.78 is 8.18. The van der Waals surface area contributed by atoms with E-state index in [-0.39, 0.29) is 22.8 Å². The van der Waals surface area contributed by atoms with Gasteiger partial charge in [0, 0.05) is 41.7 Å². The predicted molar refractivity (Wildman–Crippen MR) is 133 cm³/mol. The van der Waals surface area contributed by atoms with Gasteiger partial charge in [-0.05, 0) is 57.2 Å². The highest BCUT2D eigenvalue weighted by Crippen LogP contribution is 2.41. The number of fused-ring (bicyclic) bond motifs is 5. The van der Waals surface area contributed by atoms with Crippen LogP contribution in [0.2, 0.25) is 0 Å². The Morgan fingerprint density at radius 3 is 2.53 bits per heavy atom. The molecular weight excluding hydrogens is 400 g/mol. The van der Waals surface area contributed by atoms with Crippen LogP contribution >= 0.6 is 0 Å². The molecule has 0 saturated heterocycles. The number of carbonyl (C=O) groups excluding carboxylic acids is 1. The van der Waals surface area contributed by atoms with Gasteiger partial charge in [-0.15, -0.1) is 0 Å². The number of ketones is 1. The first kappa shape index (κ1) is 23.5. The second kappa shape index (κ2) is 9.51. The lowest BCUT2D eigenvalue weighted by molar-refractivity contribution is 0.101. The third-order valence-corrected chi connectivity index (χ3v) is 5.33. The zero-order chi connectivity index (χ0) is 23.6. The molecule has 1 aliphatic rings. The number of hydrogen-bond acceptors (Lipinski definition) is 4. The molecule has 0 saturated carbocycles. The summed E-state index contributed by atoms with van der Waals surface area (Å²) in [4.78, 5) is 28.4. The van der Waals surface area contributed by atoms with Crippen molar-refractivity contribution in [2.75, 3.05) is 0 Å². The maximum atomic E-state index is 12.4. The number of furan rings is 1. The molecule has 5 heteroatoms. The van der Waals surface area contributed by atoms with Crippen LogP contribution in [-0.2, 0) is 6.42 Å². The van der Waals surface area contributed by atoms with Crippen LogP contribution in [0.1, 0.15) is 76.0 Å². The molecule has 1 atom stereocenters. The van der Waals surface area contributed by atoms with E-state index < -0.39 is 0 Å². The highest BCUT2D eigenvalue weighted by molar-refractivity contribution is 5.94. The summed E-state index contributed by atoms with van der Waals surface area (Å²) in [6, 6.07) is 7.81. The number of Topliss-reactive ketones (excluding diaryl/α,β-unsaturated/α-hetero) is 1. The van der Waals surface area contributed by atoms with Crippen molar-refractivity contribution < 1.29 is 9.21 Å². The Morgan fingerprint density at radius 1 is 1.22 bits per heavy atom. The Labute approximate surface area is 189 Å². The SMILES string of the molecule is CC(C)C.CC=N/C=C(\C)c1ccc2c3c(oc2c1)-c1cc(=O)c(C(C)=O)cn1C(C)C3. The van der Waals surface area contributed by atoms with Crippen LogP contribution in [0.3, 0.4) is 0 Å². The first-order chi connectivity index (χ1) is 15.1. The molecule has 1 aromatic carbocycles. The van der Waals surface area contributed by atoms with E-state index in [1.807, 2.05) is 30.7 Å². The van der Waals surface area contributed by atoms with Crippen molar-refractivity contribution in [2.45, 2.75) is 60.9 Å². The molecule has 0 radical (unpaired) electrons. The number of allylic oxidation sites excluding steroid dienone is 1. The van der Waals surface area contributed by atoms with Crippen LogP contribution in [0.25, 0.3) is 28.0 Å². The average molecular weight is 433 g/mol. The number of carbonyl (C=O) groups is 1. The zero-order valence-corrected chi connectivity index (χ0v) is 20.0. The summed E-state index contributed by atoms with van der Waals surface area (Å²) in [5, 5.41) is 1.06. The minimum absolute atomic E-state index is 0.127. The van der Waals surface area contributed by atoms with Crippen molar-refractivity contribution in [2.24, 2.45) is 10.9 Å². The first-order valence-corrected chi connectivity index (χ1v) is 11.1. The molecule has 1 aliphatic heterocycles. The summed E-state index contributed by atoms with van der Waals surface area (Å²) >= 11 is 0. The van der Waals surface area contributed by atoms with Crippen molar-refractivity contribution in [3.63, 3.8) is 0 Å². The van der Waals surface area contributed by atoms with Crippen molar-refractivity contribution >= 4 is 28.5 Å². The molecule has 168 valence electrons. The largest absolute Gasteiger partial charge is 0.454 e. The quantitative estimate of drug-likeness (QED) is 0.342. The number of hydrogen-bond donors (Lipinski definition) is 0. The first-order valence-electron chi connectivity index (χ1n) is 11.1. The van der Waals surface area contributed by atoms with Crippen LogP contribution in [0.4, 0.5) is 0 Å². The van der Waals surface area contributed by atoms with Crippen LogP contribution in [0.5, 0.6) is 0 Å². The second-order valence-corrected chi connectivity index (χ2v) is 9.03. The molecular formula is C27H32N2O3. The number of benzene rings is 1. The zero-order valence-electron chi connectivity index (χ0n) is 20.0. The van der Waals surface area contributed by atoms with E-state index in [0.29, 0.717) is 5.76 Å². The number of aliphatic imine (C=N–C) groups is 1. The summed E-state index contributed by atoms with van der Waals surface area (Å²) in [5.74, 6) is 1.33. The lowest BCUT2D eigenvalue weighted by atomic mass is 9.95. The Hall–Kier alpha value is -3.21. The maximum absolute atomic E-state index is 12.4. The van der Waals surface area contributed by atoms with Gasteiger partial charge in [-0.1, -0.05) is 32.9 Å². The molecule has 32 heavy (non-hydrogen) atoms. The van der Waals surface area contributed by atoms with Crippen molar-refractivity contribution in [3.05, 3.63) is 63.6 Å². The monoisotopic (exact) mass is 432 g/mol. The predicted octanol–water partition coefficient (Wildman–Crippen LogP) is 6.70. The molecule has 4 rings (SSSR count). The minimum Gasteiger partial charge on any atom is -0.454 e. The summed E-state index contributed by atoms with van der Waals surface area (Å²) in [6.07, 6.45) is 6.02. The number of pyridine rings is 1. The van der Waals surface area contributed by atoms with Gasteiger partial charge in [0.05, 0.1) is 11.3 Å². The summed E-state index contributed by atoms with van der Waals surface area (Å²) in [6.45, 7) is 13.9. The van der Waals surface area contributed by atoms with Crippen LogP contribution in [-0.4, -0.2) is 16.6 Å². The Balaban J connectivity index is 0.000000668. The summed E-state index contributed by atoms with van der Waals surface area (Å²) in [7, 11) is 0. The number of aromatic nitrogens is 1. The average Bonchev–Trinajstić information content (AvgIpc) is 3.09. The van der Waals surface area contributed by atoms with E-state index in [1.165, 1.54) is 13.0 Å². The van der Waals surface area contributed by atoms with Crippen LogP contribution < -0.4 is 5.43 Å². The third-order valence-electron chi connectivity index (χ3n) is 5.33. The van der Waals surface area contributed by atoms with E-state index in [1.54, 1.807) is 12.4 Å². The van der Waals surface area contributed by atoms with Gasteiger partial charge in [-0.3, -0.25) is 14.6 Å². The van der Waals surface area contributed by atoms with Crippen LogP contribution in [0.15, 0.2) is 50.9 Å². The van der Waals surface area contributed by atoms with Gasteiger partial charge in [-0.25, -0.2) is 0 Å². The molecule has 0 amide bonds. The smallest absolute Gasteiger partial charge is 0.193 e. The van der Waals surface area contributed by atoms with Gasteiger partial charge in [0.15, 0.2) is 17.0 Å². The highest BCUT2D eigenvalue weighted by atomic mass is 16.3. The van der Waals surface area contributed by atoms with Gasteiger partial charge in [0.2, 0.25) is 0 Å². The lowest BCUT2D eigenvalue weighted by Crippen LogP contribution is -2.23. The molecule has 0 bridgehead atoms. The highest BCUT2D eigenvalue weighted by Gasteiger charge is 2.28. The van der Waals surface area contributed by atoms with Crippen molar-refractivity contribution in [1.29, 1.82) is 0 Å². The van der Waals surface area contributed by atoms with Crippen molar-refractivity contribution in [1.82, 2.24) is 4.57 Å². The summed E-state index contributed by atoms with van der Waals surface area (Å²) in [5.41, 5.74) is 4.67. The molecule has 2 aromatic heterocycles.